The van der Waals surface area contributed by atoms with Gasteiger partial charge < -0.3 is 14.5 Å². The van der Waals surface area contributed by atoms with Gasteiger partial charge in [-0.25, -0.2) is 4.98 Å². The average molecular weight is 314 g/mol. The predicted octanol–water partition coefficient (Wildman–Crippen LogP) is 2.33. The van der Waals surface area contributed by atoms with Gasteiger partial charge in [0.05, 0.1) is 12.0 Å². The molecule has 7 heteroatoms. The zero-order chi connectivity index (χ0) is 16.2. The molecule has 1 aromatic carbocycles. The van der Waals surface area contributed by atoms with E-state index in [2.05, 4.69) is 9.88 Å². The molecular weight excluding hydrogens is 296 g/mol. The summed E-state index contributed by atoms with van der Waals surface area (Å²) in [5, 5.41) is 11.1. The summed E-state index contributed by atoms with van der Waals surface area (Å²) in [5.74, 6) is 1.27. The Kier molecular flexibility index (Phi) is 4.27. The number of pyridine rings is 1. The van der Waals surface area contributed by atoms with E-state index in [-0.39, 0.29) is 10.6 Å². The van der Waals surface area contributed by atoms with Crippen molar-refractivity contribution in [1.82, 2.24) is 4.98 Å². The molecule has 23 heavy (non-hydrogen) atoms. The molecular formula is C16H18N4O3. The number of benzene rings is 1. The highest BCUT2D eigenvalue weighted by Crippen LogP contribution is 2.27. The van der Waals surface area contributed by atoms with Gasteiger partial charge in [0.1, 0.15) is 5.75 Å². The smallest absolute Gasteiger partial charge is 0.311 e. The van der Waals surface area contributed by atoms with E-state index < -0.39 is 0 Å². The summed E-state index contributed by atoms with van der Waals surface area (Å²) >= 11 is 0. The van der Waals surface area contributed by atoms with Crippen LogP contribution in [0, 0.1) is 10.1 Å². The summed E-state index contributed by atoms with van der Waals surface area (Å²) in [6, 6.07) is 11.0. The fourth-order valence-electron chi connectivity index (χ4n) is 2.76. The molecule has 0 atom stereocenters. The quantitative estimate of drug-likeness (QED) is 0.637. The summed E-state index contributed by atoms with van der Waals surface area (Å²) in [5.41, 5.74) is 1.15. The molecule has 2 heterocycles. The molecule has 1 saturated heterocycles. The Morgan fingerprint density at radius 3 is 2.57 bits per heavy atom. The molecule has 0 aliphatic carbocycles. The van der Waals surface area contributed by atoms with Crippen LogP contribution in [0.3, 0.4) is 0 Å². The maximum Gasteiger partial charge on any atom is 0.311 e. The first-order valence-corrected chi connectivity index (χ1v) is 7.42. The minimum absolute atomic E-state index is 0.0577. The topological polar surface area (TPSA) is 71.7 Å². The molecule has 0 amide bonds. The maximum absolute atomic E-state index is 11.1. The molecule has 1 aliphatic rings. The minimum Gasteiger partial charge on any atom is -0.497 e. The Morgan fingerprint density at radius 1 is 1.13 bits per heavy atom. The number of nitrogens with zero attached hydrogens (tertiary/aromatic N) is 4. The van der Waals surface area contributed by atoms with Gasteiger partial charge in [-0.2, -0.15) is 0 Å². The van der Waals surface area contributed by atoms with Crippen molar-refractivity contribution in [2.75, 3.05) is 43.1 Å². The van der Waals surface area contributed by atoms with E-state index in [0.717, 1.165) is 24.5 Å². The van der Waals surface area contributed by atoms with E-state index in [9.17, 15) is 10.1 Å². The first-order valence-electron chi connectivity index (χ1n) is 7.42. The van der Waals surface area contributed by atoms with Gasteiger partial charge in [0.15, 0.2) is 0 Å². The third-order valence-corrected chi connectivity index (χ3v) is 3.96. The first-order chi connectivity index (χ1) is 11.2. The molecule has 0 unspecified atom stereocenters. The molecule has 1 aromatic heterocycles. The lowest BCUT2D eigenvalue weighted by atomic mass is 10.2. The summed E-state index contributed by atoms with van der Waals surface area (Å²) in [6.45, 7) is 2.94. The van der Waals surface area contributed by atoms with Crippen molar-refractivity contribution >= 4 is 17.2 Å². The predicted molar refractivity (Wildman–Crippen MR) is 88.3 cm³/mol. The zero-order valence-electron chi connectivity index (χ0n) is 12.9. The maximum atomic E-state index is 11.1. The van der Waals surface area contributed by atoms with E-state index in [1.54, 1.807) is 19.4 Å². The second-order valence-corrected chi connectivity index (χ2v) is 5.28. The molecule has 2 aromatic rings. The first kappa shape index (κ1) is 15.1. The molecule has 0 saturated carbocycles. The van der Waals surface area contributed by atoms with Gasteiger partial charge in [-0.05, 0) is 18.2 Å². The third kappa shape index (κ3) is 3.18. The van der Waals surface area contributed by atoms with Crippen LogP contribution in [0.1, 0.15) is 0 Å². The standard InChI is InChI=1S/C16H18N4O3/c1-23-14-5-2-4-13(12-14)18-8-10-19(11-9-18)16-15(20(21)22)6-3-7-17-16/h2-7,12H,8-11H2,1H3. The number of nitro groups is 1. The highest BCUT2D eigenvalue weighted by molar-refractivity contribution is 5.59. The molecule has 0 radical (unpaired) electrons. The van der Waals surface area contributed by atoms with Crippen LogP contribution in [0.25, 0.3) is 0 Å². The van der Waals surface area contributed by atoms with Gasteiger partial charge in [-0.15, -0.1) is 0 Å². The zero-order valence-corrected chi connectivity index (χ0v) is 12.9. The van der Waals surface area contributed by atoms with Crippen LogP contribution in [-0.4, -0.2) is 43.2 Å². The molecule has 1 aliphatic heterocycles. The van der Waals surface area contributed by atoms with Crippen molar-refractivity contribution in [2.24, 2.45) is 0 Å². The SMILES string of the molecule is COc1cccc(N2CCN(c3ncccc3[N+](=O)[O-])CC2)c1. The van der Waals surface area contributed by atoms with Crippen molar-refractivity contribution in [1.29, 1.82) is 0 Å². The molecule has 3 rings (SSSR count). The highest BCUT2D eigenvalue weighted by atomic mass is 16.6. The third-order valence-electron chi connectivity index (χ3n) is 3.96. The van der Waals surface area contributed by atoms with Gasteiger partial charge in [0.25, 0.3) is 0 Å². The Hall–Kier alpha value is -2.83. The number of hydrogen-bond acceptors (Lipinski definition) is 6. The summed E-state index contributed by atoms with van der Waals surface area (Å²) in [4.78, 5) is 19.2. The van der Waals surface area contributed by atoms with Gasteiger partial charge >= 0.3 is 5.69 Å². The number of hydrogen-bond donors (Lipinski definition) is 0. The number of rotatable bonds is 4. The minimum atomic E-state index is -0.378. The van der Waals surface area contributed by atoms with Gasteiger partial charge in [-0.3, -0.25) is 10.1 Å². The Labute approximate surface area is 134 Å². The van der Waals surface area contributed by atoms with Crippen molar-refractivity contribution < 1.29 is 9.66 Å². The Balaban J connectivity index is 1.72. The van der Waals surface area contributed by atoms with Crippen LogP contribution in [-0.2, 0) is 0 Å². The van der Waals surface area contributed by atoms with Crippen LogP contribution in [0.5, 0.6) is 5.75 Å². The summed E-state index contributed by atoms with van der Waals surface area (Å²) in [6.07, 6.45) is 1.59. The normalized spacial score (nSPS) is 14.7. The number of aromatic nitrogens is 1. The molecule has 120 valence electrons. The molecule has 0 N–H and O–H groups in total. The molecule has 0 bridgehead atoms. The Bertz CT molecular complexity index is 699. The van der Waals surface area contributed by atoms with Gasteiger partial charge in [0, 0.05) is 50.2 Å². The number of anilines is 2. The molecule has 1 fully saturated rings. The van der Waals surface area contributed by atoms with Gasteiger partial charge in [0.2, 0.25) is 5.82 Å². The fraction of sp³-hybridized carbons (Fsp3) is 0.312. The lowest BCUT2D eigenvalue weighted by molar-refractivity contribution is -0.384. The van der Waals surface area contributed by atoms with Gasteiger partial charge in [-0.1, -0.05) is 6.07 Å². The fourth-order valence-corrected chi connectivity index (χ4v) is 2.76. The lowest BCUT2D eigenvalue weighted by Gasteiger charge is -2.36. The summed E-state index contributed by atoms with van der Waals surface area (Å²) in [7, 11) is 1.65. The van der Waals surface area contributed by atoms with Crippen LogP contribution in [0.2, 0.25) is 0 Å². The van der Waals surface area contributed by atoms with E-state index in [4.69, 9.17) is 4.74 Å². The van der Waals surface area contributed by atoms with Crippen molar-refractivity contribution in [3.8, 4) is 5.75 Å². The molecule has 7 nitrogen and oxygen atoms in total. The van der Waals surface area contributed by atoms with Crippen molar-refractivity contribution in [3.05, 3.63) is 52.7 Å². The summed E-state index contributed by atoms with van der Waals surface area (Å²) < 4.78 is 5.26. The largest absolute Gasteiger partial charge is 0.497 e. The highest BCUT2D eigenvalue weighted by Gasteiger charge is 2.24. The second-order valence-electron chi connectivity index (χ2n) is 5.28. The van der Waals surface area contributed by atoms with E-state index in [1.165, 1.54) is 6.07 Å². The van der Waals surface area contributed by atoms with Crippen LogP contribution in [0.4, 0.5) is 17.2 Å². The number of methoxy groups -OCH3 is 1. The van der Waals surface area contributed by atoms with E-state index >= 15 is 0 Å². The molecule has 0 spiro atoms. The monoisotopic (exact) mass is 314 g/mol. The van der Waals surface area contributed by atoms with Crippen LogP contribution < -0.4 is 14.5 Å². The number of ether oxygens (including phenoxy) is 1. The van der Waals surface area contributed by atoms with Crippen molar-refractivity contribution in [3.63, 3.8) is 0 Å². The van der Waals surface area contributed by atoms with Crippen LogP contribution >= 0.6 is 0 Å². The lowest BCUT2D eigenvalue weighted by Crippen LogP contribution is -2.47. The Morgan fingerprint density at radius 2 is 1.87 bits per heavy atom. The van der Waals surface area contributed by atoms with Crippen molar-refractivity contribution in [2.45, 2.75) is 0 Å². The average Bonchev–Trinajstić information content (AvgIpc) is 2.62. The van der Waals surface area contributed by atoms with Crippen LogP contribution in [0.15, 0.2) is 42.6 Å². The number of piperazine rings is 1. The van der Waals surface area contributed by atoms with E-state index in [1.807, 2.05) is 29.2 Å². The van der Waals surface area contributed by atoms with E-state index in [0.29, 0.717) is 18.9 Å². The second kappa shape index (κ2) is 6.51.